The number of hydrogen-bond acceptors (Lipinski definition) is 2. The Bertz CT molecular complexity index is 106. The van der Waals surface area contributed by atoms with Crippen LogP contribution in [0.25, 0.3) is 0 Å². The van der Waals surface area contributed by atoms with Crippen LogP contribution in [0.3, 0.4) is 0 Å². The quantitative estimate of drug-likeness (QED) is 0.593. The summed E-state index contributed by atoms with van der Waals surface area (Å²) >= 11 is 0. The Kier molecular flexibility index (Phi) is 3.83. The zero-order chi connectivity index (χ0) is 8.10. The van der Waals surface area contributed by atoms with E-state index in [1.165, 1.54) is 6.42 Å². The molecule has 0 bridgehead atoms. The standard InChI is InChI=1S/C8H18N3/c1-11-7-6-10-5-3-8(11)2-4-9/h8H,2-7,9H2,1H3. The molecule has 1 fully saturated rings. The SMILES string of the molecule is CN1CC[N]CCC1CCN. The summed E-state index contributed by atoms with van der Waals surface area (Å²) < 4.78 is 0. The summed E-state index contributed by atoms with van der Waals surface area (Å²) in [5.74, 6) is 0. The Balaban J connectivity index is 2.32. The molecule has 0 spiro atoms. The van der Waals surface area contributed by atoms with E-state index in [-0.39, 0.29) is 0 Å². The zero-order valence-electron chi connectivity index (χ0n) is 7.29. The van der Waals surface area contributed by atoms with Gasteiger partial charge in [0, 0.05) is 25.7 Å². The van der Waals surface area contributed by atoms with Gasteiger partial charge in [0.1, 0.15) is 0 Å². The highest BCUT2D eigenvalue weighted by molar-refractivity contribution is 4.74. The van der Waals surface area contributed by atoms with Gasteiger partial charge in [-0.1, -0.05) is 0 Å². The van der Waals surface area contributed by atoms with Gasteiger partial charge in [-0.3, -0.25) is 0 Å². The van der Waals surface area contributed by atoms with Gasteiger partial charge in [0.25, 0.3) is 0 Å². The van der Waals surface area contributed by atoms with Crippen LogP contribution in [0.2, 0.25) is 0 Å². The van der Waals surface area contributed by atoms with E-state index in [1.54, 1.807) is 0 Å². The Labute approximate surface area is 68.9 Å². The van der Waals surface area contributed by atoms with E-state index in [0.29, 0.717) is 6.04 Å². The van der Waals surface area contributed by atoms with Crippen molar-refractivity contribution in [2.45, 2.75) is 18.9 Å². The van der Waals surface area contributed by atoms with Crippen molar-refractivity contribution in [3.8, 4) is 0 Å². The molecule has 0 saturated carbocycles. The maximum absolute atomic E-state index is 5.52. The molecule has 0 aromatic carbocycles. The van der Waals surface area contributed by atoms with E-state index in [2.05, 4.69) is 17.3 Å². The van der Waals surface area contributed by atoms with Crippen LogP contribution in [0.5, 0.6) is 0 Å². The third-order valence-electron chi connectivity index (χ3n) is 2.35. The van der Waals surface area contributed by atoms with Crippen molar-refractivity contribution >= 4 is 0 Å². The van der Waals surface area contributed by atoms with E-state index in [1.807, 2.05) is 0 Å². The number of hydrogen-bond donors (Lipinski definition) is 1. The Morgan fingerprint density at radius 2 is 2.36 bits per heavy atom. The first-order chi connectivity index (χ1) is 5.34. The third-order valence-corrected chi connectivity index (χ3v) is 2.35. The first-order valence-corrected chi connectivity index (χ1v) is 4.38. The summed E-state index contributed by atoms with van der Waals surface area (Å²) in [6, 6.07) is 0.672. The fourth-order valence-electron chi connectivity index (χ4n) is 1.54. The van der Waals surface area contributed by atoms with Crippen molar-refractivity contribution in [2.24, 2.45) is 5.73 Å². The van der Waals surface area contributed by atoms with Crippen LogP contribution >= 0.6 is 0 Å². The summed E-state index contributed by atoms with van der Waals surface area (Å²) in [5, 5.41) is 4.37. The summed E-state index contributed by atoms with van der Waals surface area (Å²) in [6.45, 7) is 3.92. The Hall–Kier alpha value is -0.120. The van der Waals surface area contributed by atoms with Crippen LogP contribution in [0.1, 0.15) is 12.8 Å². The van der Waals surface area contributed by atoms with Gasteiger partial charge in [0.2, 0.25) is 0 Å². The minimum atomic E-state index is 0.672. The van der Waals surface area contributed by atoms with Crippen LogP contribution in [-0.4, -0.2) is 44.2 Å². The first-order valence-electron chi connectivity index (χ1n) is 4.38. The van der Waals surface area contributed by atoms with Gasteiger partial charge in [-0.2, -0.15) is 0 Å². The molecule has 1 heterocycles. The molecule has 1 rings (SSSR count). The summed E-state index contributed by atoms with van der Waals surface area (Å²) in [5.41, 5.74) is 5.52. The molecule has 1 saturated heterocycles. The predicted molar refractivity (Wildman–Crippen MR) is 46.6 cm³/mol. The molecule has 0 aromatic heterocycles. The lowest BCUT2D eigenvalue weighted by Gasteiger charge is -2.24. The fourth-order valence-corrected chi connectivity index (χ4v) is 1.54. The van der Waals surface area contributed by atoms with Crippen LogP contribution in [0, 0.1) is 0 Å². The second kappa shape index (κ2) is 4.70. The minimum absolute atomic E-state index is 0.672. The molecule has 2 N–H and O–H groups in total. The Morgan fingerprint density at radius 1 is 1.55 bits per heavy atom. The zero-order valence-corrected chi connectivity index (χ0v) is 7.29. The molecule has 1 aliphatic heterocycles. The molecule has 0 amide bonds. The van der Waals surface area contributed by atoms with E-state index in [9.17, 15) is 0 Å². The summed E-state index contributed by atoms with van der Waals surface area (Å²) in [6.07, 6.45) is 2.31. The molecular formula is C8H18N3. The average Bonchev–Trinajstić information content (AvgIpc) is 2.18. The van der Waals surface area contributed by atoms with Crippen LogP contribution in [-0.2, 0) is 0 Å². The lowest BCUT2D eigenvalue weighted by molar-refractivity contribution is 0.244. The number of rotatable bonds is 2. The van der Waals surface area contributed by atoms with Crippen molar-refractivity contribution in [1.82, 2.24) is 10.2 Å². The molecule has 3 heteroatoms. The molecule has 3 nitrogen and oxygen atoms in total. The normalized spacial score (nSPS) is 28.4. The molecule has 0 aromatic rings. The molecule has 1 atom stereocenters. The third kappa shape index (κ3) is 2.77. The second-order valence-corrected chi connectivity index (χ2v) is 3.17. The maximum atomic E-state index is 5.52. The largest absolute Gasteiger partial charge is 0.330 e. The van der Waals surface area contributed by atoms with E-state index in [4.69, 9.17) is 5.73 Å². The molecule has 0 aliphatic carbocycles. The topological polar surface area (TPSA) is 43.4 Å². The number of nitrogens with two attached hydrogens (primary N) is 1. The lowest BCUT2D eigenvalue weighted by Crippen LogP contribution is -2.33. The van der Waals surface area contributed by atoms with Crippen LogP contribution in [0.15, 0.2) is 0 Å². The van der Waals surface area contributed by atoms with Gasteiger partial charge in [-0.05, 0) is 26.4 Å². The average molecular weight is 156 g/mol. The summed E-state index contributed by atoms with van der Waals surface area (Å²) in [4.78, 5) is 2.38. The van der Waals surface area contributed by atoms with Gasteiger partial charge in [0.05, 0.1) is 0 Å². The van der Waals surface area contributed by atoms with Crippen LogP contribution < -0.4 is 11.1 Å². The fraction of sp³-hybridized carbons (Fsp3) is 1.00. The van der Waals surface area contributed by atoms with E-state index < -0.39 is 0 Å². The molecular weight excluding hydrogens is 138 g/mol. The van der Waals surface area contributed by atoms with Gasteiger partial charge >= 0.3 is 0 Å². The van der Waals surface area contributed by atoms with E-state index >= 15 is 0 Å². The molecule has 1 unspecified atom stereocenters. The lowest BCUT2D eigenvalue weighted by atomic mass is 10.1. The monoisotopic (exact) mass is 156 g/mol. The van der Waals surface area contributed by atoms with Gasteiger partial charge in [-0.25, -0.2) is 5.32 Å². The molecule has 1 radical (unpaired) electrons. The van der Waals surface area contributed by atoms with Gasteiger partial charge in [-0.15, -0.1) is 0 Å². The number of likely N-dealkylation sites (N-methyl/N-ethyl adjacent to an activating group) is 1. The van der Waals surface area contributed by atoms with Gasteiger partial charge < -0.3 is 10.6 Å². The van der Waals surface area contributed by atoms with Crippen molar-refractivity contribution in [3.63, 3.8) is 0 Å². The second-order valence-electron chi connectivity index (χ2n) is 3.17. The van der Waals surface area contributed by atoms with Crippen molar-refractivity contribution in [1.29, 1.82) is 0 Å². The van der Waals surface area contributed by atoms with Crippen LogP contribution in [0.4, 0.5) is 0 Å². The minimum Gasteiger partial charge on any atom is -0.330 e. The molecule has 65 valence electrons. The van der Waals surface area contributed by atoms with Crippen molar-refractivity contribution in [2.75, 3.05) is 33.2 Å². The van der Waals surface area contributed by atoms with E-state index in [0.717, 1.165) is 32.6 Å². The molecule has 11 heavy (non-hydrogen) atoms. The summed E-state index contributed by atoms with van der Waals surface area (Å²) in [7, 11) is 2.17. The molecule has 1 aliphatic rings. The maximum Gasteiger partial charge on any atom is 0.0261 e. The Morgan fingerprint density at radius 3 is 3.09 bits per heavy atom. The van der Waals surface area contributed by atoms with Gasteiger partial charge in [0.15, 0.2) is 0 Å². The van der Waals surface area contributed by atoms with Crippen molar-refractivity contribution in [3.05, 3.63) is 0 Å². The number of nitrogens with zero attached hydrogens (tertiary/aromatic N) is 2. The predicted octanol–water partition coefficient (Wildman–Crippen LogP) is -0.356. The first kappa shape index (κ1) is 8.97. The highest BCUT2D eigenvalue weighted by Crippen LogP contribution is 2.07. The smallest absolute Gasteiger partial charge is 0.0261 e. The highest BCUT2D eigenvalue weighted by Gasteiger charge is 2.15. The highest BCUT2D eigenvalue weighted by atomic mass is 15.2. The van der Waals surface area contributed by atoms with Crippen molar-refractivity contribution < 1.29 is 0 Å².